The van der Waals surface area contributed by atoms with Gasteiger partial charge in [0.25, 0.3) is 0 Å². The Bertz CT molecular complexity index is 322. The highest BCUT2D eigenvalue weighted by molar-refractivity contribution is 5.69. The SMILES string of the molecule is CCCCC1CC(NC(=O)OCC)CN(CC(=O)O)C1. The Hall–Kier alpha value is -1.30. The van der Waals surface area contributed by atoms with Crippen LogP contribution in [0.3, 0.4) is 0 Å². The van der Waals surface area contributed by atoms with E-state index in [9.17, 15) is 9.59 Å². The zero-order valence-electron chi connectivity index (χ0n) is 12.4. The molecule has 0 aliphatic carbocycles. The van der Waals surface area contributed by atoms with Gasteiger partial charge < -0.3 is 15.2 Å². The largest absolute Gasteiger partial charge is 0.480 e. The van der Waals surface area contributed by atoms with Gasteiger partial charge in [0.15, 0.2) is 0 Å². The van der Waals surface area contributed by atoms with Crippen LogP contribution < -0.4 is 5.32 Å². The number of carbonyl (C=O) groups excluding carboxylic acids is 1. The Balaban J connectivity index is 2.54. The number of amides is 1. The van der Waals surface area contributed by atoms with Gasteiger partial charge >= 0.3 is 12.1 Å². The lowest BCUT2D eigenvalue weighted by molar-refractivity contribution is -0.138. The predicted molar refractivity (Wildman–Crippen MR) is 75.7 cm³/mol. The average molecular weight is 286 g/mol. The number of carbonyl (C=O) groups is 2. The van der Waals surface area contributed by atoms with E-state index in [1.807, 2.05) is 4.90 Å². The first kappa shape index (κ1) is 16.8. The molecule has 1 aliphatic heterocycles. The summed E-state index contributed by atoms with van der Waals surface area (Å²) in [5.74, 6) is -0.383. The van der Waals surface area contributed by atoms with Crippen molar-refractivity contribution in [2.24, 2.45) is 5.92 Å². The second-order valence-electron chi connectivity index (χ2n) is 5.39. The lowest BCUT2D eigenvalue weighted by Gasteiger charge is -2.37. The van der Waals surface area contributed by atoms with Gasteiger partial charge in [-0.2, -0.15) is 0 Å². The molecule has 2 N–H and O–H groups in total. The fourth-order valence-electron chi connectivity index (χ4n) is 2.77. The minimum atomic E-state index is -0.823. The molecule has 0 bridgehead atoms. The van der Waals surface area contributed by atoms with E-state index in [1.54, 1.807) is 6.92 Å². The fourth-order valence-corrected chi connectivity index (χ4v) is 2.77. The van der Waals surface area contributed by atoms with Gasteiger partial charge in [0.2, 0.25) is 0 Å². The highest BCUT2D eigenvalue weighted by Crippen LogP contribution is 2.22. The maximum absolute atomic E-state index is 11.5. The van der Waals surface area contributed by atoms with Crippen molar-refractivity contribution in [3.8, 4) is 0 Å². The van der Waals surface area contributed by atoms with Crippen molar-refractivity contribution in [1.82, 2.24) is 10.2 Å². The number of unbranched alkanes of at least 4 members (excludes halogenated alkanes) is 1. The van der Waals surface area contributed by atoms with Crippen molar-refractivity contribution in [3.05, 3.63) is 0 Å². The van der Waals surface area contributed by atoms with Crippen molar-refractivity contribution < 1.29 is 19.4 Å². The molecule has 0 radical (unpaired) electrons. The van der Waals surface area contributed by atoms with Crippen LogP contribution in [0.2, 0.25) is 0 Å². The summed E-state index contributed by atoms with van der Waals surface area (Å²) < 4.78 is 4.89. The van der Waals surface area contributed by atoms with Gasteiger partial charge in [0.1, 0.15) is 0 Å². The van der Waals surface area contributed by atoms with Crippen molar-refractivity contribution >= 4 is 12.1 Å². The number of hydrogen-bond donors (Lipinski definition) is 2. The zero-order chi connectivity index (χ0) is 15.0. The first-order valence-corrected chi connectivity index (χ1v) is 7.42. The van der Waals surface area contributed by atoms with Gasteiger partial charge in [-0.15, -0.1) is 0 Å². The molecule has 0 aromatic carbocycles. The molecule has 1 fully saturated rings. The smallest absolute Gasteiger partial charge is 0.407 e. The highest BCUT2D eigenvalue weighted by atomic mass is 16.5. The Morgan fingerprint density at radius 3 is 2.70 bits per heavy atom. The molecule has 1 amide bonds. The Morgan fingerprint density at radius 2 is 2.10 bits per heavy atom. The zero-order valence-corrected chi connectivity index (χ0v) is 12.4. The standard InChI is InChI=1S/C14H26N2O4/c1-3-5-6-11-7-12(15-14(19)20-4-2)9-16(8-11)10-13(17)18/h11-12H,3-10H2,1-2H3,(H,15,19)(H,17,18). The van der Waals surface area contributed by atoms with Crippen LogP contribution in [0.1, 0.15) is 39.5 Å². The maximum Gasteiger partial charge on any atom is 0.407 e. The summed E-state index contributed by atoms with van der Waals surface area (Å²) in [6.07, 6.45) is 3.83. The third-order valence-electron chi connectivity index (χ3n) is 3.54. The van der Waals surface area contributed by atoms with Crippen LogP contribution in [-0.4, -0.2) is 54.4 Å². The van der Waals surface area contributed by atoms with E-state index in [0.29, 0.717) is 19.1 Å². The molecular weight excluding hydrogens is 260 g/mol. The van der Waals surface area contributed by atoms with Crippen molar-refractivity contribution in [2.75, 3.05) is 26.2 Å². The molecule has 1 saturated heterocycles. The van der Waals surface area contributed by atoms with E-state index in [1.165, 1.54) is 0 Å². The number of hydrogen-bond acceptors (Lipinski definition) is 4. The molecule has 6 nitrogen and oxygen atoms in total. The first-order chi connectivity index (χ1) is 9.55. The number of nitrogens with one attached hydrogen (secondary N) is 1. The molecule has 116 valence electrons. The van der Waals surface area contributed by atoms with Crippen molar-refractivity contribution in [3.63, 3.8) is 0 Å². The van der Waals surface area contributed by atoms with E-state index < -0.39 is 12.1 Å². The van der Waals surface area contributed by atoms with E-state index >= 15 is 0 Å². The minimum Gasteiger partial charge on any atom is -0.480 e. The van der Waals surface area contributed by atoms with Crippen LogP contribution in [0.15, 0.2) is 0 Å². The molecule has 2 atom stereocenters. The van der Waals surface area contributed by atoms with Crippen LogP contribution in [-0.2, 0) is 9.53 Å². The molecular formula is C14H26N2O4. The average Bonchev–Trinajstić information content (AvgIpc) is 2.35. The van der Waals surface area contributed by atoms with Crippen LogP contribution in [0, 0.1) is 5.92 Å². The van der Waals surface area contributed by atoms with Gasteiger partial charge in [0.05, 0.1) is 13.2 Å². The highest BCUT2D eigenvalue weighted by Gasteiger charge is 2.29. The van der Waals surface area contributed by atoms with E-state index in [2.05, 4.69) is 12.2 Å². The van der Waals surface area contributed by atoms with Gasteiger partial charge in [-0.25, -0.2) is 4.79 Å². The monoisotopic (exact) mass is 286 g/mol. The molecule has 0 aromatic heterocycles. The van der Waals surface area contributed by atoms with Crippen LogP contribution >= 0.6 is 0 Å². The normalized spacial score (nSPS) is 23.3. The second-order valence-corrected chi connectivity index (χ2v) is 5.39. The Labute approximate surface area is 120 Å². The summed E-state index contributed by atoms with van der Waals surface area (Å²) in [5.41, 5.74) is 0. The lowest BCUT2D eigenvalue weighted by atomic mass is 9.90. The summed E-state index contributed by atoms with van der Waals surface area (Å²) in [4.78, 5) is 24.3. The first-order valence-electron chi connectivity index (χ1n) is 7.42. The van der Waals surface area contributed by atoms with E-state index in [4.69, 9.17) is 9.84 Å². The number of aliphatic carboxylic acids is 1. The summed E-state index contributed by atoms with van der Waals surface area (Å²) in [5, 5.41) is 11.8. The van der Waals surface area contributed by atoms with Gasteiger partial charge in [-0.1, -0.05) is 19.8 Å². The molecule has 0 aromatic rings. The number of alkyl carbamates (subject to hydrolysis) is 1. The summed E-state index contributed by atoms with van der Waals surface area (Å²) >= 11 is 0. The number of rotatable bonds is 7. The molecule has 0 spiro atoms. The summed E-state index contributed by atoms with van der Waals surface area (Å²) in [6, 6.07) is -0.0241. The third kappa shape index (κ3) is 6.23. The van der Waals surface area contributed by atoms with Gasteiger partial charge in [-0.05, 0) is 25.7 Å². The number of ether oxygens (including phenoxy) is 1. The number of piperidine rings is 1. The Morgan fingerprint density at radius 1 is 1.35 bits per heavy atom. The van der Waals surface area contributed by atoms with Crippen molar-refractivity contribution in [2.45, 2.75) is 45.6 Å². The maximum atomic E-state index is 11.5. The van der Waals surface area contributed by atoms with Crippen molar-refractivity contribution in [1.29, 1.82) is 0 Å². The van der Waals surface area contributed by atoms with Gasteiger partial charge in [-0.3, -0.25) is 9.69 Å². The van der Waals surface area contributed by atoms with E-state index in [0.717, 1.165) is 32.2 Å². The fraction of sp³-hybridized carbons (Fsp3) is 0.857. The second kappa shape index (κ2) is 8.79. The number of likely N-dealkylation sites (tertiary alicyclic amines) is 1. The van der Waals surface area contributed by atoms with Crippen LogP contribution in [0.25, 0.3) is 0 Å². The summed E-state index contributed by atoms with van der Waals surface area (Å²) in [7, 11) is 0. The molecule has 1 aliphatic rings. The van der Waals surface area contributed by atoms with E-state index in [-0.39, 0.29) is 12.6 Å². The van der Waals surface area contributed by atoms with Crippen LogP contribution in [0.5, 0.6) is 0 Å². The topological polar surface area (TPSA) is 78.9 Å². The molecule has 1 rings (SSSR count). The predicted octanol–water partition coefficient (Wildman–Crippen LogP) is 1.70. The lowest BCUT2D eigenvalue weighted by Crippen LogP contribution is -2.52. The molecule has 2 unspecified atom stereocenters. The van der Waals surface area contributed by atoms with Crippen LogP contribution in [0.4, 0.5) is 4.79 Å². The number of nitrogens with zero attached hydrogens (tertiary/aromatic N) is 1. The van der Waals surface area contributed by atoms with Gasteiger partial charge in [0, 0.05) is 19.1 Å². The minimum absolute atomic E-state index is 0.0241. The molecule has 20 heavy (non-hydrogen) atoms. The molecule has 0 saturated carbocycles. The number of carboxylic acid groups (broad SMARTS) is 1. The quantitative estimate of drug-likeness (QED) is 0.744. The summed E-state index contributed by atoms with van der Waals surface area (Å²) in [6.45, 7) is 5.66. The Kier molecular flexibility index (Phi) is 7.36. The number of carboxylic acids is 1. The third-order valence-corrected chi connectivity index (χ3v) is 3.54. The molecule has 6 heteroatoms. The molecule has 1 heterocycles.